The standard InChI is InChI=1S/C36H47F3N6O4S2/c1-51(47,48)43-22-14-32-30(26-43)35(41-45(32)19-6-17-42-20-12-28(13-21-42)44-18-5-9-34(44)46)27-10-11-31(36(37,38)39)33(25-27)50-24-16-40-15-23-49-29-7-3-2-4-8-29/h2-4,7-8,10-11,25,28,40H,5-6,9,12-24,26H2,1H3. The number of piperidine rings is 1. The molecule has 0 unspecified atom stereocenters. The lowest BCUT2D eigenvalue weighted by molar-refractivity contribution is -0.139. The van der Waals surface area contributed by atoms with Crippen LogP contribution in [-0.2, 0) is 40.5 Å². The summed E-state index contributed by atoms with van der Waals surface area (Å²) in [5.41, 5.74) is 2.05. The predicted molar refractivity (Wildman–Crippen MR) is 192 cm³/mol. The Kier molecular flexibility index (Phi) is 12.3. The number of hydrogen-bond acceptors (Lipinski definition) is 8. The third-order valence-electron chi connectivity index (χ3n) is 9.91. The second kappa shape index (κ2) is 16.7. The van der Waals surface area contributed by atoms with Gasteiger partial charge in [-0.25, -0.2) is 8.42 Å². The third-order valence-corrected chi connectivity index (χ3v) is 12.2. The summed E-state index contributed by atoms with van der Waals surface area (Å²) in [6.45, 7) is 6.17. The van der Waals surface area contributed by atoms with Crippen LogP contribution in [0.3, 0.4) is 0 Å². The number of rotatable bonds is 15. The van der Waals surface area contributed by atoms with E-state index in [1.807, 2.05) is 35.0 Å². The molecule has 0 aliphatic carbocycles. The van der Waals surface area contributed by atoms with Crippen molar-refractivity contribution >= 4 is 27.7 Å². The number of sulfonamides is 1. The van der Waals surface area contributed by atoms with E-state index in [0.717, 1.165) is 86.7 Å². The molecule has 0 spiro atoms. The number of halogens is 3. The van der Waals surface area contributed by atoms with Crippen LogP contribution < -0.4 is 10.1 Å². The van der Waals surface area contributed by atoms with Gasteiger partial charge in [0.15, 0.2) is 0 Å². The molecule has 278 valence electrons. The summed E-state index contributed by atoms with van der Waals surface area (Å²) < 4.78 is 76.5. The number of aryl methyl sites for hydroxylation is 1. The fourth-order valence-electron chi connectivity index (χ4n) is 7.26. The molecule has 2 aromatic carbocycles. The number of carbonyl (C=O) groups excluding carboxylic acids is 1. The molecule has 2 saturated heterocycles. The van der Waals surface area contributed by atoms with Crippen molar-refractivity contribution in [2.24, 2.45) is 0 Å². The molecule has 4 heterocycles. The van der Waals surface area contributed by atoms with Gasteiger partial charge in [0, 0.05) is 98.7 Å². The molecule has 0 saturated carbocycles. The highest BCUT2D eigenvalue weighted by molar-refractivity contribution is 7.99. The van der Waals surface area contributed by atoms with E-state index in [2.05, 4.69) is 15.1 Å². The van der Waals surface area contributed by atoms with Crippen LogP contribution in [0.1, 0.15) is 48.9 Å². The Morgan fingerprint density at radius 2 is 1.78 bits per heavy atom. The number of para-hydroxylation sites is 1. The highest BCUT2D eigenvalue weighted by Gasteiger charge is 2.35. The summed E-state index contributed by atoms with van der Waals surface area (Å²) in [7, 11) is -3.48. The maximum atomic E-state index is 14.1. The average Bonchev–Trinajstić information content (AvgIpc) is 3.70. The van der Waals surface area contributed by atoms with Gasteiger partial charge in [0.25, 0.3) is 0 Å². The number of amides is 1. The minimum absolute atomic E-state index is 0.112. The van der Waals surface area contributed by atoms with Crippen molar-refractivity contribution in [2.45, 2.75) is 68.7 Å². The topological polar surface area (TPSA) is 100 Å². The summed E-state index contributed by atoms with van der Waals surface area (Å²) in [5.74, 6) is 1.45. The Hall–Kier alpha value is -3.11. The molecule has 0 radical (unpaired) electrons. The molecule has 0 atom stereocenters. The smallest absolute Gasteiger partial charge is 0.417 e. The predicted octanol–water partition coefficient (Wildman–Crippen LogP) is 5.12. The van der Waals surface area contributed by atoms with Gasteiger partial charge in [-0.1, -0.05) is 24.3 Å². The fraction of sp³-hybridized carbons (Fsp3) is 0.556. The van der Waals surface area contributed by atoms with E-state index < -0.39 is 21.8 Å². The largest absolute Gasteiger partial charge is 0.492 e. The average molecular weight is 749 g/mol. The van der Waals surface area contributed by atoms with Crippen molar-refractivity contribution in [3.05, 3.63) is 65.4 Å². The van der Waals surface area contributed by atoms with Gasteiger partial charge in [0.2, 0.25) is 15.9 Å². The Balaban J connectivity index is 1.12. The van der Waals surface area contributed by atoms with Crippen molar-refractivity contribution in [3.63, 3.8) is 0 Å². The van der Waals surface area contributed by atoms with E-state index >= 15 is 0 Å². The highest BCUT2D eigenvalue weighted by atomic mass is 32.2. The Morgan fingerprint density at radius 1 is 1.00 bits per heavy atom. The zero-order valence-corrected chi connectivity index (χ0v) is 30.7. The summed E-state index contributed by atoms with van der Waals surface area (Å²) in [5, 5.41) is 8.17. The first-order chi connectivity index (χ1) is 24.5. The molecule has 1 N–H and O–H groups in total. The van der Waals surface area contributed by atoms with Gasteiger partial charge in [0.1, 0.15) is 12.4 Å². The van der Waals surface area contributed by atoms with Crippen molar-refractivity contribution in [3.8, 4) is 17.0 Å². The van der Waals surface area contributed by atoms with E-state index in [4.69, 9.17) is 9.84 Å². The molecule has 1 aromatic heterocycles. The molecule has 3 aromatic rings. The van der Waals surface area contributed by atoms with Crippen LogP contribution in [0, 0.1) is 0 Å². The molecule has 0 bridgehead atoms. The van der Waals surface area contributed by atoms with E-state index in [-0.39, 0.29) is 17.3 Å². The summed E-state index contributed by atoms with van der Waals surface area (Å²) in [6.07, 6.45) is 1.52. The molecular weight excluding hydrogens is 702 g/mol. The molecule has 3 aliphatic heterocycles. The quantitative estimate of drug-likeness (QED) is 0.169. The number of nitrogens with zero attached hydrogens (tertiary/aromatic N) is 5. The van der Waals surface area contributed by atoms with Crippen LogP contribution in [-0.4, -0.2) is 109 Å². The van der Waals surface area contributed by atoms with Gasteiger partial charge >= 0.3 is 6.18 Å². The van der Waals surface area contributed by atoms with E-state index in [0.29, 0.717) is 68.7 Å². The number of alkyl halides is 3. The number of fused-ring (bicyclic) bond motifs is 1. The van der Waals surface area contributed by atoms with Crippen LogP contribution in [0.4, 0.5) is 13.2 Å². The van der Waals surface area contributed by atoms with Crippen molar-refractivity contribution in [1.29, 1.82) is 0 Å². The zero-order valence-electron chi connectivity index (χ0n) is 29.0. The first kappa shape index (κ1) is 37.6. The number of hydrogen-bond donors (Lipinski definition) is 1. The number of thioether (sulfide) groups is 1. The van der Waals surface area contributed by atoms with Crippen molar-refractivity contribution in [1.82, 2.24) is 29.2 Å². The Bertz CT molecular complexity index is 1750. The van der Waals surface area contributed by atoms with E-state index in [1.54, 1.807) is 6.07 Å². The number of likely N-dealkylation sites (tertiary alicyclic amines) is 2. The molecule has 10 nitrogen and oxygen atoms in total. The lowest BCUT2D eigenvalue weighted by atomic mass is 10.0. The Morgan fingerprint density at radius 3 is 2.49 bits per heavy atom. The number of ether oxygens (including phenoxy) is 1. The lowest BCUT2D eigenvalue weighted by Gasteiger charge is -2.36. The molecule has 51 heavy (non-hydrogen) atoms. The maximum Gasteiger partial charge on any atom is 0.417 e. The van der Waals surface area contributed by atoms with E-state index in [9.17, 15) is 26.4 Å². The second-order valence-corrected chi connectivity index (χ2v) is 16.5. The number of carbonyl (C=O) groups is 1. The van der Waals surface area contributed by atoms with E-state index in [1.165, 1.54) is 16.6 Å². The minimum Gasteiger partial charge on any atom is -0.492 e. The molecule has 2 fully saturated rings. The van der Waals surface area contributed by atoms with Gasteiger partial charge in [-0.15, -0.1) is 11.8 Å². The van der Waals surface area contributed by atoms with Gasteiger partial charge in [-0.2, -0.15) is 22.6 Å². The third kappa shape index (κ3) is 9.66. The van der Waals surface area contributed by atoms with Crippen LogP contribution in [0.25, 0.3) is 11.3 Å². The normalized spacial score (nSPS) is 18.0. The van der Waals surface area contributed by atoms with Crippen LogP contribution in [0.2, 0.25) is 0 Å². The van der Waals surface area contributed by atoms with Crippen LogP contribution in [0.5, 0.6) is 5.75 Å². The molecule has 1 amide bonds. The Labute approximate surface area is 302 Å². The first-order valence-electron chi connectivity index (χ1n) is 17.8. The minimum atomic E-state index is -4.53. The summed E-state index contributed by atoms with van der Waals surface area (Å²) in [6, 6.07) is 13.9. The molecule has 15 heteroatoms. The molecule has 6 rings (SSSR count). The van der Waals surface area contributed by atoms with Crippen molar-refractivity contribution in [2.75, 3.05) is 64.4 Å². The first-order valence-corrected chi connectivity index (χ1v) is 20.6. The molecular formula is C36H47F3N6O4S2. The monoisotopic (exact) mass is 748 g/mol. The highest BCUT2D eigenvalue weighted by Crippen LogP contribution is 2.40. The summed E-state index contributed by atoms with van der Waals surface area (Å²) in [4.78, 5) is 16.8. The number of aromatic nitrogens is 2. The lowest BCUT2D eigenvalue weighted by Crippen LogP contribution is -2.45. The van der Waals surface area contributed by atoms with Crippen molar-refractivity contribution < 1.29 is 31.1 Å². The number of benzene rings is 2. The van der Waals surface area contributed by atoms with Crippen LogP contribution in [0.15, 0.2) is 53.4 Å². The fourth-order valence-corrected chi connectivity index (χ4v) is 9.06. The maximum absolute atomic E-state index is 14.1. The zero-order chi connectivity index (χ0) is 36.0. The van der Waals surface area contributed by atoms with Gasteiger partial charge in [0.05, 0.1) is 17.5 Å². The summed E-state index contributed by atoms with van der Waals surface area (Å²) >= 11 is 1.13. The second-order valence-electron chi connectivity index (χ2n) is 13.4. The van der Waals surface area contributed by atoms with Crippen LogP contribution >= 0.6 is 11.8 Å². The van der Waals surface area contributed by atoms with Gasteiger partial charge in [-0.3, -0.25) is 9.48 Å². The number of nitrogens with one attached hydrogen (secondary N) is 1. The van der Waals surface area contributed by atoms with Gasteiger partial charge < -0.3 is 19.9 Å². The SMILES string of the molecule is CS(=O)(=O)N1CCc2c(c(-c3ccc(C(F)(F)F)c(SCCNCCOc4ccccc4)c3)nn2CCCN2CCC(N3CCCC3=O)CC2)C1. The van der Waals surface area contributed by atoms with Gasteiger partial charge in [-0.05, 0) is 56.5 Å². The molecule has 3 aliphatic rings.